The van der Waals surface area contributed by atoms with Crippen molar-refractivity contribution in [3.63, 3.8) is 0 Å². The Balaban J connectivity index is 0.000000658. The molecule has 0 bridgehead atoms. The zero-order valence-electron chi connectivity index (χ0n) is 75.5. The van der Waals surface area contributed by atoms with Gasteiger partial charge in [0.15, 0.2) is 0 Å². The molecule has 22 nitrogen and oxygen atoms in total. The largest absolute Gasteiger partial charge is 0.348 e. The van der Waals surface area contributed by atoms with Gasteiger partial charge in [0.25, 0.3) is 0 Å². The van der Waals surface area contributed by atoms with Gasteiger partial charge in [-0.1, -0.05) is 261 Å². The van der Waals surface area contributed by atoms with Crippen LogP contribution in [-0.4, -0.2) is 117 Å². The number of rotatable bonds is 18. The number of H-pyrrole nitrogens is 2. The minimum atomic E-state index is -0.326. The van der Waals surface area contributed by atoms with Gasteiger partial charge in [0.2, 0.25) is 0 Å². The van der Waals surface area contributed by atoms with Crippen molar-refractivity contribution in [3.8, 4) is 12.3 Å². The Morgan fingerprint density at radius 1 is 0.376 bits per heavy atom. The molecule has 1 saturated carbocycles. The molecule has 0 spiro atoms. The lowest BCUT2D eigenvalue weighted by Gasteiger charge is -2.24. The SMILES string of the molecule is C#Cc1ccnc(CC(=O)C(C)(C)C)c1.CC(C)(C)C(=O)CC1CCCCC1.CC(C)(C)C(=O)Cc1ccccc1.CC(C)(C)C(=O)Cc1ccccn1.CC(C)(C)C(=O)Cc1cccnn1.CC(C)(C)C(=O)Cc1cnc[nH]1.CC(C)(C)C(=O)Cc1cnccn1.CC(C)(C)C(=O)Cc1ncccn1.CC(C)(C)C(=O)Cc1ncn[nH]1. The molecule has 0 radical (unpaired) electrons. The summed E-state index contributed by atoms with van der Waals surface area (Å²) in [5.74, 6) is 6.53. The van der Waals surface area contributed by atoms with Crippen LogP contribution in [0.15, 0.2) is 147 Å². The van der Waals surface area contributed by atoms with Gasteiger partial charge < -0.3 is 4.98 Å². The van der Waals surface area contributed by atoms with Crippen LogP contribution in [0.4, 0.5) is 0 Å². The predicted molar refractivity (Wildman–Crippen MR) is 465 cm³/mol. The number of hydrogen-bond acceptors (Lipinski definition) is 20. The molecule has 636 valence electrons. The maximum atomic E-state index is 11.7. The van der Waals surface area contributed by atoms with Gasteiger partial charge in [-0.2, -0.15) is 15.3 Å². The predicted octanol–water partition coefficient (Wildman–Crippen LogP) is 18.3. The molecule has 0 saturated heterocycles. The molecule has 0 unspecified atom stereocenters. The zero-order valence-corrected chi connectivity index (χ0v) is 75.5. The first-order chi connectivity index (χ1) is 53.9. The average Bonchev–Trinajstić information content (AvgIpc) is 1.89. The fraction of sp³-hybridized carbons (Fsp3) is 0.537. The lowest BCUT2D eigenvalue weighted by molar-refractivity contribution is -0.128. The standard InChI is InChI=1S/C13H15NO.C12H22O.C12H16O.C11H15NO.3C10H14N2O.C9H14N2O.C8H13N3O/c1-5-10-6-7-14-11(8-10)9-12(15)13(2,3)4;2*1-12(2,3)11(13)9-10-7-5-4-6-8-10;1-11(2,3)10(13)8-9-6-4-5-7-12-9;1-10(2,3)9(13)6-8-7-11-4-5-12-8;1-10(2,3)8(13)7-9-11-5-4-6-12-9;1-10(2,3)9(13)7-8-5-4-6-11-12-8;1-9(2,3)8(12)4-7-5-10-6-11-7;1-8(2,3)6(12)4-7-9-5-10-11-7/h1,6-8H,9H2,2-4H3;10H,4-9H2,1-3H3;4-8H,9H2,1-3H3;4-7H,8H2,1-3H3;4-5,7H,6H2,1-3H3;2*4-6H,7H2,1-3H3;5-6H,4H2,1-3H3,(H,10,11);5H,4H2,1-3H3,(H,9,10,11). The molecular formula is C95H137N13O9. The Morgan fingerprint density at radius 2 is 0.812 bits per heavy atom. The summed E-state index contributed by atoms with van der Waals surface area (Å²) in [4.78, 5) is 139. The summed E-state index contributed by atoms with van der Waals surface area (Å²) in [7, 11) is 0. The summed E-state index contributed by atoms with van der Waals surface area (Å²) < 4.78 is 0. The fourth-order valence-electron chi connectivity index (χ4n) is 9.12. The Bertz CT molecular complexity index is 3860. The number of benzene rings is 1. The molecule has 9 rings (SSSR count). The highest BCUT2D eigenvalue weighted by atomic mass is 16.2. The number of nitrogens with one attached hydrogen (secondary N) is 2. The van der Waals surface area contributed by atoms with Gasteiger partial charge in [0.05, 0.1) is 43.4 Å². The zero-order chi connectivity index (χ0) is 89.2. The van der Waals surface area contributed by atoms with E-state index in [1.165, 1.54) is 38.4 Å². The number of terminal acetylenes is 1. The van der Waals surface area contributed by atoms with Crippen LogP contribution < -0.4 is 0 Å². The Morgan fingerprint density at radius 3 is 1.25 bits per heavy atom. The van der Waals surface area contributed by atoms with Crippen molar-refractivity contribution in [3.05, 3.63) is 199 Å². The van der Waals surface area contributed by atoms with Crippen LogP contribution >= 0.6 is 0 Å². The third kappa shape index (κ3) is 48.1. The summed E-state index contributed by atoms with van der Waals surface area (Å²) in [6.07, 6.45) is 33.7. The number of Topliss-reactive ketones (excluding diaryl/α,β-unsaturated/α-hetero) is 9. The number of hydrogen-bond donors (Lipinski definition) is 2. The first-order valence-corrected chi connectivity index (χ1v) is 40.2. The van der Waals surface area contributed by atoms with Gasteiger partial charge >= 0.3 is 0 Å². The molecular weight excluding hydrogens is 1470 g/mol. The molecule has 0 atom stereocenters. The van der Waals surface area contributed by atoms with Crippen molar-refractivity contribution >= 4 is 52.0 Å². The second-order valence-corrected chi connectivity index (χ2v) is 38.3. The summed E-state index contributed by atoms with van der Waals surface area (Å²) in [6.45, 7) is 52.0. The summed E-state index contributed by atoms with van der Waals surface area (Å²) >= 11 is 0. The van der Waals surface area contributed by atoms with E-state index in [0.29, 0.717) is 80.5 Å². The Hall–Kier alpha value is -10.3. The lowest BCUT2D eigenvalue weighted by Crippen LogP contribution is -2.23. The van der Waals surface area contributed by atoms with Gasteiger partial charge in [0, 0.05) is 159 Å². The van der Waals surface area contributed by atoms with Crippen LogP contribution in [0.1, 0.15) is 277 Å². The Labute approximate surface area is 699 Å². The molecule has 7 heterocycles. The summed E-state index contributed by atoms with van der Waals surface area (Å²) in [5, 5.41) is 13.9. The number of aromatic amines is 2. The highest BCUT2D eigenvalue weighted by molar-refractivity contribution is 5.89. The quantitative estimate of drug-likeness (QED) is 0.0754. The normalized spacial score (nSPS) is 12.3. The van der Waals surface area contributed by atoms with E-state index in [0.717, 1.165) is 46.0 Å². The number of ketones is 9. The van der Waals surface area contributed by atoms with Gasteiger partial charge in [-0.25, -0.2) is 19.9 Å². The molecule has 1 aliphatic rings. The number of imidazole rings is 1. The highest BCUT2D eigenvalue weighted by Crippen LogP contribution is 2.30. The second-order valence-electron chi connectivity index (χ2n) is 38.3. The number of pyridine rings is 2. The van der Waals surface area contributed by atoms with Gasteiger partial charge in [-0.15, -0.1) is 6.42 Å². The molecule has 1 fully saturated rings. The third-order valence-electron chi connectivity index (χ3n) is 17.9. The molecule has 0 amide bonds. The van der Waals surface area contributed by atoms with Gasteiger partial charge in [0.1, 0.15) is 70.0 Å². The second kappa shape index (κ2) is 49.7. The molecule has 117 heavy (non-hydrogen) atoms. The Kier molecular flexibility index (Phi) is 44.5. The van der Waals surface area contributed by atoms with E-state index in [-0.39, 0.29) is 89.2 Å². The smallest absolute Gasteiger partial charge is 0.145 e. The van der Waals surface area contributed by atoms with Crippen LogP contribution in [0.25, 0.3) is 0 Å². The van der Waals surface area contributed by atoms with Crippen molar-refractivity contribution in [1.82, 2.24) is 65.3 Å². The molecule has 2 N–H and O–H groups in total. The molecule has 1 aliphatic carbocycles. The first-order valence-electron chi connectivity index (χ1n) is 40.2. The fourth-order valence-corrected chi connectivity index (χ4v) is 9.12. The van der Waals surface area contributed by atoms with E-state index < -0.39 is 0 Å². The first kappa shape index (κ1) is 105. The van der Waals surface area contributed by atoms with Crippen LogP contribution in [-0.2, 0) is 94.5 Å². The number of carbonyl (C=O) groups excluding carboxylic acids is 9. The highest BCUT2D eigenvalue weighted by Gasteiger charge is 2.29. The molecule has 8 aromatic rings. The number of nitrogens with zero attached hydrogens (tertiary/aromatic N) is 11. The van der Waals surface area contributed by atoms with Crippen molar-refractivity contribution in [1.29, 1.82) is 0 Å². The van der Waals surface area contributed by atoms with E-state index in [9.17, 15) is 43.2 Å². The topological polar surface area (TPSA) is 327 Å². The van der Waals surface area contributed by atoms with E-state index >= 15 is 0 Å². The van der Waals surface area contributed by atoms with E-state index in [2.05, 4.69) is 71.2 Å². The maximum Gasteiger partial charge on any atom is 0.145 e. The maximum absolute atomic E-state index is 11.7. The van der Waals surface area contributed by atoms with Crippen LogP contribution in [0.3, 0.4) is 0 Å². The molecule has 22 heteroatoms. The van der Waals surface area contributed by atoms with Crippen LogP contribution in [0.2, 0.25) is 0 Å². The van der Waals surface area contributed by atoms with E-state index in [1.807, 2.05) is 242 Å². The average molecular weight is 1610 g/mol. The van der Waals surface area contributed by atoms with Crippen molar-refractivity contribution in [2.45, 2.75) is 277 Å². The molecule has 1 aromatic carbocycles. The third-order valence-corrected chi connectivity index (χ3v) is 17.9. The van der Waals surface area contributed by atoms with E-state index in [4.69, 9.17) is 6.42 Å². The van der Waals surface area contributed by atoms with Crippen LogP contribution in [0, 0.1) is 67.0 Å². The van der Waals surface area contributed by atoms with E-state index in [1.54, 1.807) is 86.4 Å². The summed E-state index contributed by atoms with van der Waals surface area (Å²) in [6, 6.07) is 24.4. The number of carbonyl (C=O) groups is 9. The monoisotopic (exact) mass is 1600 g/mol. The lowest BCUT2D eigenvalue weighted by atomic mass is 9.80. The summed E-state index contributed by atoms with van der Waals surface area (Å²) in [5.41, 5.74) is 3.42. The van der Waals surface area contributed by atoms with Crippen molar-refractivity contribution < 1.29 is 43.2 Å². The van der Waals surface area contributed by atoms with Gasteiger partial charge in [-0.05, 0) is 53.9 Å². The van der Waals surface area contributed by atoms with Gasteiger partial charge in [-0.3, -0.25) is 68.2 Å². The van der Waals surface area contributed by atoms with Crippen molar-refractivity contribution in [2.24, 2.45) is 54.7 Å². The molecule has 0 aliphatic heterocycles. The minimum absolute atomic E-state index is 0.128. The van der Waals surface area contributed by atoms with Crippen molar-refractivity contribution in [2.75, 3.05) is 0 Å². The number of aromatic nitrogens is 13. The minimum Gasteiger partial charge on any atom is -0.348 e. The molecule has 7 aromatic heterocycles. The van der Waals surface area contributed by atoms with Crippen LogP contribution in [0.5, 0.6) is 0 Å².